The molecule has 1 aliphatic heterocycles. The summed E-state index contributed by atoms with van der Waals surface area (Å²) in [6.45, 7) is 0.539. The van der Waals surface area contributed by atoms with Crippen LogP contribution in [0.15, 0.2) is 77.7 Å². The van der Waals surface area contributed by atoms with Crippen molar-refractivity contribution in [2.75, 3.05) is 12.8 Å². The van der Waals surface area contributed by atoms with Crippen molar-refractivity contribution in [1.29, 1.82) is 0 Å². The topological polar surface area (TPSA) is 36.1 Å². The quantitative estimate of drug-likeness (QED) is 0.428. The molecule has 0 saturated carbocycles. The molecule has 2 heterocycles. The molecule has 1 aromatic heterocycles. The number of aromatic amines is 1. The first-order chi connectivity index (χ1) is 14.7. The van der Waals surface area contributed by atoms with E-state index >= 15 is 0 Å². The second-order valence-corrected chi connectivity index (χ2v) is 8.35. The van der Waals surface area contributed by atoms with Crippen LogP contribution in [0.3, 0.4) is 0 Å². The third-order valence-corrected chi connectivity index (χ3v) is 6.57. The number of nitrogens with one attached hydrogen (secondary N) is 1. The Kier molecular flexibility index (Phi) is 4.83. The Balaban J connectivity index is 1.66. The smallest absolute Gasteiger partial charge is 0.257 e. The van der Waals surface area contributed by atoms with Gasteiger partial charge < -0.3 is 9.88 Å². The van der Waals surface area contributed by atoms with E-state index in [1.54, 1.807) is 34.9 Å². The number of halogens is 1. The van der Waals surface area contributed by atoms with Gasteiger partial charge in [-0.25, -0.2) is 4.39 Å². The van der Waals surface area contributed by atoms with Crippen molar-refractivity contribution in [3.63, 3.8) is 0 Å². The van der Waals surface area contributed by atoms with Gasteiger partial charge in [0.25, 0.3) is 5.91 Å². The number of nitrogens with zero attached hydrogens (tertiary/aromatic N) is 1. The maximum absolute atomic E-state index is 14.4. The Bertz CT molecular complexity index is 1230. The number of thioether (sulfide) groups is 1. The van der Waals surface area contributed by atoms with Gasteiger partial charge in [0.1, 0.15) is 5.82 Å². The van der Waals surface area contributed by atoms with Gasteiger partial charge in [0, 0.05) is 28.0 Å². The van der Waals surface area contributed by atoms with E-state index in [1.807, 2.05) is 18.4 Å². The van der Waals surface area contributed by atoms with Crippen LogP contribution in [0.5, 0.6) is 0 Å². The van der Waals surface area contributed by atoms with Crippen LogP contribution in [0.1, 0.15) is 33.2 Å². The largest absolute Gasteiger partial charge is 0.356 e. The van der Waals surface area contributed by atoms with Crippen molar-refractivity contribution in [2.24, 2.45) is 0 Å². The van der Waals surface area contributed by atoms with Crippen LogP contribution in [0.4, 0.5) is 4.39 Å². The number of rotatable bonds is 3. The fraction of sp³-hybridized carbons (Fsp3) is 0.160. The molecule has 5 rings (SSSR count). The molecule has 1 atom stereocenters. The summed E-state index contributed by atoms with van der Waals surface area (Å²) < 4.78 is 14.4. The van der Waals surface area contributed by atoms with Crippen LogP contribution in [0, 0.1) is 5.82 Å². The Labute approximate surface area is 178 Å². The minimum absolute atomic E-state index is 0.114. The van der Waals surface area contributed by atoms with Gasteiger partial charge in [0.15, 0.2) is 0 Å². The SMILES string of the molecule is CSc1ccc([C@@H]2c3[nH]c4ccccc4c3CCN2C(=O)c2ccccc2F)cc1. The minimum Gasteiger partial charge on any atom is -0.356 e. The number of carbonyl (C=O) groups excluding carboxylic acids is 1. The van der Waals surface area contributed by atoms with Crippen molar-refractivity contribution in [3.05, 3.63) is 101 Å². The van der Waals surface area contributed by atoms with E-state index in [0.29, 0.717) is 6.54 Å². The van der Waals surface area contributed by atoms with E-state index < -0.39 is 5.82 Å². The molecule has 0 radical (unpaired) electrons. The predicted octanol–water partition coefficient (Wildman–Crippen LogP) is 5.82. The average Bonchev–Trinajstić information content (AvgIpc) is 3.17. The van der Waals surface area contributed by atoms with Crippen LogP contribution < -0.4 is 0 Å². The molecule has 3 aromatic carbocycles. The zero-order valence-corrected chi connectivity index (χ0v) is 17.4. The summed E-state index contributed by atoms with van der Waals surface area (Å²) in [5.41, 5.74) is 4.45. The van der Waals surface area contributed by atoms with Crippen molar-refractivity contribution < 1.29 is 9.18 Å². The van der Waals surface area contributed by atoms with Crippen molar-refractivity contribution in [2.45, 2.75) is 17.4 Å². The third kappa shape index (κ3) is 3.10. The number of amides is 1. The van der Waals surface area contributed by atoms with E-state index in [2.05, 4.69) is 41.4 Å². The summed E-state index contributed by atoms with van der Waals surface area (Å²) in [5.74, 6) is -0.766. The number of para-hydroxylation sites is 1. The molecule has 5 heteroatoms. The van der Waals surface area contributed by atoms with Crippen molar-refractivity contribution >= 4 is 28.6 Å². The molecular weight excluding hydrogens is 395 g/mol. The van der Waals surface area contributed by atoms with Crippen LogP contribution in [-0.2, 0) is 6.42 Å². The summed E-state index contributed by atoms with van der Waals surface area (Å²) in [7, 11) is 0. The standard InChI is InChI=1S/C25H21FN2OS/c1-30-17-12-10-16(11-13-17)24-23-19(18-6-3-5-9-22(18)27-23)14-15-28(24)25(29)20-7-2-4-8-21(20)26/h2-13,24,27H,14-15H2,1H3/t24-/m1/s1. The first-order valence-corrected chi connectivity index (χ1v) is 11.2. The highest BCUT2D eigenvalue weighted by molar-refractivity contribution is 7.98. The molecule has 1 N–H and O–H groups in total. The van der Waals surface area contributed by atoms with Gasteiger partial charge in [-0.05, 0) is 54.1 Å². The van der Waals surface area contributed by atoms with Crippen LogP contribution in [0.25, 0.3) is 10.9 Å². The number of carbonyl (C=O) groups is 1. The molecule has 0 bridgehead atoms. The Hall–Kier alpha value is -3.05. The van der Waals surface area contributed by atoms with Gasteiger partial charge in [-0.15, -0.1) is 11.8 Å². The maximum Gasteiger partial charge on any atom is 0.257 e. The van der Waals surface area contributed by atoms with E-state index in [9.17, 15) is 9.18 Å². The lowest BCUT2D eigenvalue weighted by atomic mass is 9.91. The lowest BCUT2D eigenvalue weighted by molar-refractivity contribution is 0.0687. The van der Waals surface area contributed by atoms with Gasteiger partial charge in [0.2, 0.25) is 0 Å². The molecule has 1 aliphatic rings. The normalized spacial score (nSPS) is 15.9. The summed E-state index contributed by atoms with van der Waals surface area (Å²) in [6.07, 6.45) is 2.78. The highest BCUT2D eigenvalue weighted by Crippen LogP contribution is 2.39. The average molecular weight is 417 g/mol. The summed E-state index contributed by atoms with van der Waals surface area (Å²) >= 11 is 1.68. The molecule has 0 spiro atoms. The molecule has 150 valence electrons. The number of aromatic nitrogens is 1. The molecule has 0 saturated heterocycles. The van der Waals surface area contributed by atoms with Crippen LogP contribution >= 0.6 is 11.8 Å². The Morgan fingerprint density at radius 3 is 2.53 bits per heavy atom. The molecule has 0 unspecified atom stereocenters. The zero-order valence-electron chi connectivity index (χ0n) is 16.6. The van der Waals surface area contributed by atoms with E-state index in [4.69, 9.17) is 0 Å². The molecule has 30 heavy (non-hydrogen) atoms. The predicted molar refractivity (Wildman–Crippen MR) is 120 cm³/mol. The first-order valence-electron chi connectivity index (χ1n) is 9.96. The fourth-order valence-corrected chi connectivity index (χ4v) is 4.79. The number of H-pyrrole nitrogens is 1. The number of hydrogen-bond donors (Lipinski definition) is 1. The Morgan fingerprint density at radius 1 is 1.03 bits per heavy atom. The monoisotopic (exact) mass is 416 g/mol. The number of benzene rings is 3. The van der Waals surface area contributed by atoms with Gasteiger partial charge in [-0.2, -0.15) is 0 Å². The Morgan fingerprint density at radius 2 is 1.77 bits per heavy atom. The van der Waals surface area contributed by atoms with E-state index in [0.717, 1.165) is 23.2 Å². The lowest BCUT2D eigenvalue weighted by Gasteiger charge is -2.36. The minimum atomic E-state index is -0.485. The van der Waals surface area contributed by atoms with Gasteiger partial charge in [0.05, 0.1) is 11.6 Å². The van der Waals surface area contributed by atoms with E-state index in [-0.39, 0.29) is 17.5 Å². The van der Waals surface area contributed by atoms with Crippen molar-refractivity contribution in [3.8, 4) is 0 Å². The summed E-state index contributed by atoms with van der Waals surface area (Å²) in [6, 6.07) is 22.4. The van der Waals surface area contributed by atoms with Crippen molar-refractivity contribution in [1.82, 2.24) is 9.88 Å². The zero-order chi connectivity index (χ0) is 20.7. The van der Waals surface area contributed by atoms with Crippen LogP contribution in [-0.4, -0.2) is 28.6 Å². The number of hydrogen-bond acceptors (Lipinski definition) is 2. The summed E-state index contributed by atoms with van der Waals surface area (Å²) in [4.78, 5) is 19.9. The lowest BCUT2D eigenvalue weighted by Crippen LogP contribution is -2.41. The fourth-order valence-electron chi connectivity index (χ4n) is 4.38. The number of fused-ring (bicyclic) bond motifs is 3. The van der Waals surface area contributed by atoms with Gasteiger partial charge >= 0.3 is 0 Å². The maximum atomic E-state index is 14.4. The second-order valence-electron chi connectivity index (χ2n) is 7.47. The highest BCUT2D eigenvalue weighted by Gasteiger charge is 2.35. The van der Waals surface area contributed by atoms with E-state index in [1.165, 1.54) is 21.9 Å². The molecule has 0 aliphatic carbocycles. The molecule has 4 aromatic rings. The van der Waals surface area contributed by atoms with Gasteiger partial charge in [-0.1, -0.05) is 42.5 Å². The molecule has 3 nitrogen and oxygen atoms in total. The second kappa shape index (κ2) is 7.65. The molecule has 0 fully saturated rings. The highest BCUT2D eigenvalue weighted by atomic mass is 32.2. The van der Waals surface area contributed by atoms with Gasteiger partial charge in [-0.3, -0.25) is 4.79 Å². The third-order valence-electron chi connectivity index (χ3n) is 5.83. The summed E-state index contributed by atoms with van der Waals surface area (Å²) in [5, 5.41) is 1.19. The van der Waals surface area contributed by atoms with Crippen LogP contribution in [0.2, 0.25) is 0 Å². The molecule has 1 amide bonds. The molecular formula is C25H21FN2OS. The first kappa shape index (κ1) is 18.9.